The van der Waals surface area contributed by atoms with E-state index < -0.39 is 21.6 Å². The van der Waals surface area contributed by atoms with Crippen molar-refractivity contribution in [2.45, 2.75) is 57.9 Å². The Morgan fingerprint density at radius 2 is 1.68 bits per heavy atom. The Labute approximate surface area is 148 Å². The average Bonchev–Trinajstić information content (AvgIpc) is 3.12. The lowest BCUT2D eigenvalue weighted by Crippen LogP contribution is -2.35. The van der Waals surface area contributed by atoms with Gasteiger partial charge in [0, 0.05) is 16.6 Å². The quantitative estimate of drug-likeness (QED) is 0.764. The summed E-state index contributed by atoms with van der Waals surface area (Å²) in [5.41, 5.74) is 10.7. The van der Waals surface area contributed by atoms with E-state index in [1.54, 1.807) is 13.8 Å². The topological polar surface area (TPSA) is 101 Å². The summed E-state index contributed by atoms with van der Waals surface area (Å²) in [7, 11) is -3.88. The first kappa shape index (κ1) is 17.9. The van der Waals surface area contributed by atoms with Crippen molar-refractivity contribution in [1.82, 2.24) is 4.72 Å². The molecule has 0 aliphatic heterocycles. The Morgan fingerprint density at radius 3 is 2.20 bits per heavy atom. The van der Waals surface area contributed by atoms with Crippen molar-refractivity contribution < 1.29 is 13.2 Å². The molecular formula is C18H25N3O3S. The van der Waals surface area contributed by atoms with Gasteiger partial charge in [0.15, 0.2) is 0 Å². The molecule has 25 heavy (non-hydrogen) atoms. The molecule has 0 fully saturated rings. The molecule has 0 radical (unpaired) electrons. The third-order valence-electron chi connectivity index (χ3n) is 4.62. The predicted octanol–water partition coefficient (Wildman–Crippen LogP) is 2.37. The number of aryl methyl sites for hydroxylation is 2. The van der Waals surface area contributed by atoms with Crippen molar-refractivity contribution in [3.63, 3.8) is 0 Å². The molecule has 2 amide bonds. The first-order valence-electron chi connectivity index (χ1n) is 8.63. The number of rotatable bonds is 4. The van der Waals surface area contributed by atoms with Gasteiger partial charge in [-0.3, -0.25) is 0 Å². The molecule has 6 nitrogen and oxygen atoms in total. The van der Waals surface area contributed by atoms with Gasteiger partial charge in [-0.2, -0.15) is 0 Å². The second kappa shape index (κ2) is 6.46. The van der Waals surface area contributed by atoms with Crippen LogP contribution in [-0.2, 0) is 35.7 Å². The van der Waals surface area contributed by atoms with E-state index in [9.17, 15) is 13.2 Å². The Bertz CT molecular complexity index is 804. The smallest absolute Gasteiger partial charge is 0.322 e. The summed E-state index contributed by atoms with van der Waals surface area (Å²) in [5, 5.41) is 3.74. The highest BCUT2D eigenvalue weighted by Crippen LogP contribution is 2.38. The van der Waals surface area contributed by atoms with Crippen LogP contribution in [-0.4, -0.2) is 20.0 Å². The van der Waals surface area contributed by atoms with Gasteiger partial charge in [-0.05, 0) is 74.6 Å². The van der Waals surface area contributed by atoms with Crippen molar-refractivity contribution in [2.24, 2.45) is 5.73 Å². The number of urea groups is 1. The number of nitrogens with one attached hydrogen (secondary N) is 2. The number of benzene rings is 1. The Morgan fingerprint density at radius 1 is 1.12 bits per heavy atom. The molecule has 2 aliphatic rings. The van der Waals surface area contributed by atoms with E-state index in [4.69, 9.17) is 5.73 Å². The second-order valence-corrected chi connectivity index (χ2v) is 9.03. The molecule has 1 aromatic carbocycles. The third-order valence-corrected chi connectivity index (χ3v) is 5.59. The van der Waals surface area contributed by atoms with Crippen LogP contribution in [0, 0.1) is 0 Å². The summed E-state index contributed by atoms with van der Waals surface area (Å²) in [5.74, 6) is 0. The van der Waals surface area contributed by atoms with E-state index in [2.05, 4.69) is 11.4 Å². The number of carbonyl (C=O) groups excluding carboxylic acids is 1. The fraction of sp³-hybridized carbons (Fsp3) is 0.500. The second-order valence-electron chi connectivity index (χ2n) is 7.46. The number of hydrogen-bond acceptors (Lipinski definition) is 4. The highest BCUT2D eigenvalue weighted by molar-refractivity contribution is 7.92. The zero-order valence-corrected chi connectivity index (χ0v) is 15.5. The van der Waals surface area contributed by atoms with Crippen LogP contribution in [0.3, 0.4) is 0 Å². The highest BCUT2D eigenvalue weighted by atomic mass is 32.2. The maximum Gasteiger partial charge on any atom is 0.333 e. The van der Waals surface area contributed by atoms with Gasteiger partial charge in [0.1, 0.15) is 0 Å². The number of sulfonamides is 1. The maximum atomic E-state index is 12.3. The fourth-order valence-electron chi connectivity index (χ4n) is 3.53. The summed E-state index contributed by atoms with van der Waals surface area (Å²) >= 11 is 0. The van der Waals surface area contributed by atoms with Crippen LogP contribution in [0.5, 0.6) is 0 Å². The van der Waals surface area contributed by atoms with Crippen molar-refractivity contribution in [1.29, 1.82) is 0 Å². The molecule has 2 aliphatic carbocycles. The molecule has 0 saturated carbocycles. The van der Waals surface area contributed by atoms with E-state index in [0.29, 0.717) is 0 Å². The van der Waals surface area contributed by atoms with Crippen molar-refractivity contribution in [3.05, 3.63) is 39.8 Å². The molecule has 7 heteroatoms. The van der Waals surface area contributed by atoms with Crippen molar-refractivity contribution >= 4 is 21.7 Å². The van der Waals surface area contributed by atoms with Gasteiger partial charge >= 0.3 is 6.03 Å². The Kier molecular flexibility index (Phi) is 4.64. The lowest BCUT2D eigenvalue weighted by Gasteiger charge is -2.16. The molecule has 0 heterocycles. The minimum absolute atomic E-state index is 0.728. The molecule has 0 saturated heterocycles. The van der Waals surface area contributed by atoms with Crippen LogP contribution in [0.2, 0.25) is 0 Å². The number of carbonyl (C=O) groups is 1. The van der Waals surface area contributed by atoms with Crippen molar-refractivity contribution in [2.75, 3.05) is 5.32 Å². The standard InChI is InChI=1S/C18H25N3O3S/c1-18(2,19)9-10-25(23,24)21-17(22)20-16-14-7-3-5-12(14)11-13-6-4-8-15(13)16/h9-11H,3-8,19H2,1-2H3,(H2,20,21,22)/b10-9+. The van der Waals surface area contributed by atoms with E-state index in [1.807, 2.05) is 4.72 Å². The van der Waals surface area contributed by atoms with Crippen LogP contribution in [0.4, 0.5) is 10.5 Å². The summed E-state index contributed by atoms with van der Waals surface area (Å²) < 4.78 is 26.1. The van der Waals surface area contributed by atoms with Crippen LogP contribution >= 0.6 is 0 Å². The molecular weight excluding hydrogens is 338 g/mol. The van der Waals surface area contributed by atoms with Gasteiger partial charge in [0.05, 0.1) is 0 Å². The molecule has 0 aromatic heterocycles. The van der Waals surface area contributed by atoms with Gasteiger partial charge in [-0.15, -0.1) is 0 Å². The minimum atomic E-state index is -3.88. The van der Waals surface area contributed by atoms with E-state index >= 15 is 0 Å². The number of amides is 2. The third kappa shape index (κ3) is 4.22. The van der Waals surface area contributed by atoms with Gasteiger partial charge in [-0.25, -0.2) is 17.9 Å². The SMILES string of the molecule is CC(C)(N)/C=C/S(=O)(=O)NC(=O)Nc1c2c(cc3c1CCC3)CCC2. The summed E-state index contributed by atoms with van der Waals surface area (Å²) in [6.45, 7) is 3.35. The first-order chi connectivity index (χ1) is 11.6. The lowest BCUT2D eigenvalue weighted by atomic mass is 9.99. The molecule has 136 valence electrons. The number of anilines is 1. The Balaban J connectivity index is 1.80. The number of fused-ring (bicyclic) bond motifs is 2. The molecule has 4 N–H and O–H groups in total. The molecule has 1 aromatic rings. The average molecular weight is 363 g/mol. The molecule has 3 rings (SSSR count). The molecule has 0 atom stereocenters. The van der Waals surface area contributed by atoms with Crippen LogP contribution in [0.25, 0.3) is 0 Å². The monoisotopic (exact) mass is 363 g/mol. The van der Waals surface area contributed by atoms with Gasteiger partial charge in [-0.1, -0.05) is 12.1 Å². The summed E-state index contributed by atoms with van der Waals surface area (Å²) in [6, 6.07) is 1.53. The molecule has 0 bridgehead atoms. The number of hydrogen-bond donors (Lipinski definition) is 3. The largest absolute Gasteiger partial charge is 0.333 e. The molecule has 0 unspecified atom stereocenters. The van der Waals surface area contributed by atoms with E-state index in [-0.39, 0.29) is 0 Å². The Hall–Kier alpha value is -1.86. The van der Waals surface area contributed by atoms with Gasteiger partial charge in [0.25, 0.3) is 10.0 Å². The summed E-state index contributed by atoms with van der Waals surface area (Å²) in [6.07, 6.45) is 7.37. The van der Waals surface area contributed by atoms with Gasteiger partial charge < -0.3 is 11.1 Å². The molecule has 0 spiro atoms. The maximum absolute atomic E-state index is 12.3. The minimum Gasteiger partial charge on any atom is -0.322 e. The van der Waals surface area contributed by atoms with Crippen molar-refractivity contribution in [3.8, 4) is 0 Å². The number of nitrogens with two attached hydrogens (primary N) is 1. The fourth-order valence-corrected chi connectivity index (χ4v) is 4.44. The van der Waals surface area contributed by atoms with Gasteiger partial charge in [0.2, 0.25) is 0 Å². The van der Waals surface area contributed by atoms with Crippen LogP contribution < -0.4 is 15.8 Å². The van der Waals surface area contributed by atoms with E-state index in [0.717, 1.165) is 60.7 Å². The highest BCUT2D eigenvalue weighted by Gasteiger charge is 2.25. The zero-order chi connectivity index (χ0) is 18.2. The first-order valence-corrected chi connectivity index (χ1v) is 10.2. The normalized spacial score (nSPS) is 16.8. The van der Waals surface area contributed by atoms with Crippen LogP contribution in [0.1, 0.15) is 48.9 Å². The predicted molar refractivity (Wildman–Crippen MR) is 99.0 cm³/mol. The van der Waals surface area contributed by atoms with E-state index in [1.165, 1.54) is 17.2 Å². The lowest BCUT2D eigenvalue weighted by molar-refractivity contribution is 0.256. The summed E-state index contributed by atoms with van der Waals surface area (Å²) in [4.78, 5) is 12.3. The zero-order valence-electron chi connectivity index (χ0n) is 14.7. The van der Waals surface area contributed by atoms with Crippen LogP contribution in [0.15, 0.2) is 17.6 Å².